The number of methoxy groups -OCH3 is 1. The summed E-state index contributed by atoms with van der Waals surface area (Å²) in [7, 11) is 1.65. The molecule has 0 radical (unpaired) electrons. The molecule has 1 N–H and O–H groups in total. The van der Waals surface area contributed by atoms with E-state index in [2.05, 4.69) is 5.32 Å². The van der Waals surface area contributed by atoms with Crippen LogP contribution in [-0.2, 0) is 13.2 Å². The first-order valence-corrected chi connectivity index (χ1v) is 9.79. The minimum atomic E-state index is 0.371. The van der Waals surface area contributed by atoms with Gasteiger partial charge in [0.15, 0.2) is 0 Å². The molecule has 6 heteroatoms. The molecule has 28 heavy (non-hydrogen) atoms. The number of thiocarbonyl (C=S) groups is 1. The molecule has 3 rings (SSSR count). The Labute approximate surface area is 180 Å². The molecule has 0 amide bonds. The van der Waals surface area contributed by atoms with E-state index >= 15 is 0 Å². The Kier molecular flexibility index (Phi) is 7.15. The molecule has 0 spiro atoms. The van der Waals surface area contributed by atoms with Crippen molar-refractivity contribution < 1.29 is 9.47 Å². The number of nitrogens with one attached hydrogen (secondary N) is 1. The van der Waals surface area contributed by atoms with Crippen molar-refractivity contribution in [3.05, 3.63) is 93.5 Å². The number of hydrogen-bond acceptors (Lipinski definition) is 3. The molecule has 0 aromatic heterocycles. The van der Waals surface area contributed by atoms with Crippen LogP contribution in [0.1, 0.15) is 16.7 Å². The Morgan fingerprint density at radius 3 is 2.25 bits per heavy atom. The van der Waals surface area contributed by atoms with Crippen LogP contribution in [0, 0.1) is 0 Å². The Bertz CT molecular complexity index is 944. The highest BCUT2D eigenvalue weighted by atomic mass is 35.5. The minimum Gasteiger partial charge on any atom is -0.497 e. The van der Waals surface area contributed by atoms with Gasteiger partial charge in [-0.1, -0.05) is 53.6 Å². The largest absolute Gasteiger partial charge is 0.497 e. The molecule has 3 nitrogen and oxygen atoms in total. The van der Waals surface area contributed by atoms with Gasteiger partial charge in [-0.15, -0.1) is 0 Å². The molecule has 3 aromatic carbocycles. The fourth-order valence-electron chi connectivity index (χ4n) is 2.53. The summed E-state index contributed by atoms with van der Waals surface area (Å²) in [5.41, 5.74) is 2.94. The lowest BCUT2D eigenvalue weighted by atomic mass is 10.2. The second-order valence-corrected chi connectivity index (χ2v) is 7.33. The average molecular weight is 432 g/mol. The van der Waals surface area contributed by atoms with Crippen molar-refractivity contribution in [1.82, 2.24) is 5.32 Å². The molecule has 144 valence electrons. The molecule has 0 heterocycles. The number of ether oxygens (including phenoxy) is 2. The van der Waals surface area contributed by atoms with Crippen molar-refractivity contribution in [3.63, 3.8) is 0 Å². The summed E-state index contributed by atoms with van der Waals surface area (Å²) in [5.74, 6) is 1.58. The first-order valence-electron chi connectivity index (χ1n) is 8.63. The predicted octanol–water partition coefficient (Wildman–Crippen LogP) is 6.05. The zero-order chi connectivity index (χ0) is 19.9. The molecular formula is C22H19Cl2NO2S. The van der Waals surface area contributed by atoms with Crippen LogP contribution >= 0.6 is 35.4 Å². The maximum atomic E-state index is 6.17. The van der Waals surface area contributed by atoms with Crippen LogP contribution in [0.25, 0.3) is 0 Å². The van der Waals surface area contributed by atoms with Crippen molar-refractivity contribution in [1.29, 1.82) is 0 Å². The van der Waals surface area contributed by atoms with Gasteiger partial charge in [0.25, 0.3) is 0 Å². The molecule has 0 fully saturated rings. The second-order valence-electron chi connectivity index (χ2n) is 6.08. The van der Waals surface area contributed by atoms with Crippen LogP contribution in [0.15, 0.2) is 66.7 Å². The third-order valence-corrected chi connectivity index (χ3v) is 5.11. The van der Waals surface area contributed by atoms with Crippen LogP contribution in [-0.4, -0.2) is 12.1 Å². The van der Waals surface area contributed by atoms with Crippen molar-refractivity contribution in [3.8, 4) is 11.5 Å². The first-order chi connectivity index (χ1) is 13.5. The molecular weight excluding hydrogens is 413 g/mol. The van der Waals surface area contributed by atoms with Gasteiger partial charge in [0.1, 0.15) is 23.1 Å². The van der Waals surface area contributed by atoms with Gasteiger partial charge in [-0.25, -0.2) is 0 Å². The molecule has 0 aliphatic rings. The molecule has 0 atom stereocenters. The Morgan fingerprint density at radius 2 is 1.61 bits per heavy atom. The van der Waals surface area contributed by atoms with Gasteiger partial charge in [-0.05, 0) is 54.1 Å². The lowest BCUT2D eigenvalue weighted by Crippen LogP contribution is -2.21. The van der Waals surface area contributed by atoms with Gasteiger partial charge in [0.05, 0.1) is 7.11 Å². The maximum Gasteiger partial charge on any atom is 0.119 e. The van der Waals surface area contributed by atoms with Crippen LogP contribution < -0.4 is 14.8 Å². The van der Waals surface area contributed by atoms with Crippen molar-refractivity contribution >= 4 is 40.4 Å². The van der Waals surface area contributed by atoms with Crippen molar-refractivity contribution in [2.75, 3.05) is 7.11 Å². The van der Waals surface area contributed by atoms with Crippen LogP contribution in [0.4, 0.5) is 0 Å². The van der Waals surface area contributed by atoms with Crippen molar-refractivity contribution in [2.45, 2.75) is 13.2 Å². The SMILES string of the molecule is COc1ccc(CNC(=S)c2ccc(OCc3ccc(Cl)cc3Cl)cc2)cc1. The highest BCUT2D eigenvalue weighted by molar-refractivity contribution is 7.80. The summed E-state index contributed by atoms with van der Waals surface area (Å²) in [5, 5.41) is 4.46. The summed E-state index contributed by atoms with van der Waals surface area (Å²) < 4.78 is 11.0. The van der Waals surface area contributed by atoms with E-state index in [-0.39, 0.29) is 0 Å². The fourth-order valence-corrected chi connectivity index (χ4v) is 3.20. The third-order valence-electron chi connectivity index (χ3n) is 4.14. The predicted molar refractivity (Wildman–Crippen MR) is 119 cm³/mol. The summed E-state index contributed by atoms with van der Waals surface area (Å²) >= 11 is 17.6. The van der Waals surface area contributed by atoms with E-state index in [0.717, 1.165) is 28.2 Å². The molecule has 0 bridgehead atoms. The maximum absolute atomic E-state index is 6.17. The van der Waals surface area contributed by atoms with E-state index in [0.29, 0.717) is 28.2 Å². The Hall–Kier alpha value is -2.27. The van der Waals surface area contributed by atoms with E-state index in [1.165, 1.54) is 0 Å². The van der Waals surface area contributed by atoms with Gasteiger partial charge < -0.3 is 14.8 Å². The fraction of sp³-hybridized carbons (Fsp3) is 0.136. The van der Waals surface area contributed by atoms with Gasteiger partial charge in [0.2, 0.25) is 0 Å². The van der Waals surface area contributed by atoms with E-state index in [9.17, 15) is 0 Å². The number of halogens is 2. The molecule has 0 saturated heterocycles. The van der Waals surface area contributed by atoms with E-state index < -0.39 is 0 Å². The highest BCUT2D eigenvalue weighted by Gasteiger charge is 2.05. The molecule has 0 saturated carbocycles. The van der Waals surface area contributed by atoms with E-state index in [1.807, 2.05) is 54.6 Å². The molecule has 0 aliphatic carbocycles. The molecule has 0 aliphatic heterocycles. The van der Waals surface area contributed by atoms with Crippen LogP contribution in [0.2, 0.25) is 10.0 Å². The quantitative estimate of drug-likeness (QED) is 0.461. The number of hydrogen-bond donors (Lipinski definition) is 1. The monoisotopic (exact) mass is 431 g/mol. The normalized spacial score (nSPS) is 10.4. The summed E-state index contributed by atoms with van der Waals surface area (Å²) in [6.45, 7) is 1.02. The topological polar surface area (TPSA) is 30.5 Å². The van der Waals surface area contributed by atoms with Crippen LogP contribution in [0.5, 0.6) is 11.5 Å². The molecule has 0 unspecified atom stereocenters. The lowest BCUT2D eigenvalue weighted by Gasteiger charge is -2.11. The highest BCUT2D eigenvalue weighted by Crippen LogP contribution is 2.23. The van der Waals surface area contributed by atoms with E-state index in [1.54, 1.807) is 19.2 Å². The van der Waals surface area contributed by atoms with E-state index in [4.69, 9.17) is 44.9 Å². The minimum absolute atomic E-state index is 0.371. The van der Waals surface area contributed by atoms with Gasteiger partial charge >= 0.3 is 0 Å². The van der Waals surface area contributed by atoms with Gasteiger partial charge in [-0.3, -0.25) is 0 Å². The third kappa shape index (κ3) is 5.61. The smallest absolute Gasteiger partial charge is 0.119 e. The molecule has 3 aromatic rings. The zero-order valence-corrected chi connectivity index (χ0v) is 17.6. The number of rotatable bonds is 7. The number of benzene rings is 3. The zero-order valence-electron chi connectivity index (χ0n) is 15.2. The average Bonchev–Trinajstić information content (AvgIpc) is 2.72. The lowest BCUT2D eigenvalue weighted by molar-refractivity contribution is 0.306. The Balaban J connectivity index is 1.53. The first kappa shape index (κ1) is 20.5. The van der Waals surface area contributed by atoms with Gasteiger partial charge in [0, 0.05) is 27.7 Å². The summed E-state index contributed by atoms with van der Waals surface area (Å²) in [6.07, 6.45) is 0. The summed E-state index contributed by atoms with van der Waals surface area (Å²) in [4.78, 5) is 0.683. The van der Waals surface area contributed by atoms with Crippen LogP contribution in [0.3, 0.4) is 0 Å². The standard InChI is InChI=1S/C22H19Cl2NO2S/c1-26-19-8-2-15(3-9-19)13-25-22(28)16-5-10-20(11-6-16)27-14-17-4-7-18(23)12-21(17)24/h2-12H,13-14H2,1H3,(H,25,28). The van der Waals surface area contributed by atoms with Gasteiger partial charge in [-0.2, -0.15) is 0 Å². The second kappa shape index (κ2) is 9.78. The summed E-state index contributed by atoms with van der Waals surface area (Å²) in [6, 6.07) is 20.9. The van der Waals surface area contributed by atoms with Crippen molar-refractivity contribution in [2.24, 2.45) is 0 Å². The Morgan fingerprint density at radius 1 is 0.929 bits per heavy atom.